The number of nitrogens with one attached hydrogen (secondary N) is 1. The van der Waals surface area contributed by atoms with Crippen molar-refractivity contribution in [2.45, 2.75) is 31.7 Å². The summed E-state index contributed by atoms with van der Waals surface area (Å²) in [5, 5.41) is 3.01. The molecule has 4 heteroatoms. The van der Waals surface area contributed by atoms with E-state index in [2.05, 4.69) is 10.3 Å². The maximum Gasteiger partial charge on any atom is 0.220 e. The molecule has 1 amide bonds. The first-order valence-corrected chi connectivity index (χ1v) is 7.11. The lowest BCUT2D eigenvalue weighted by molar-refractivity contribution is -0.119. The molecule has 1 aromatic heterocycles. The Morgan fingerprint density at radius 3 is 2.67 bits per heavy atom. The molecule has 1 saturated heterocycles. The van der Waals surface area contributed by atoms with Gasteiger partial charge in [0.1, 0.15) is 5.82 Å². The number of hydrogen-bond donors (Lipinski definition) is 1. The molecule has 2 atom stereocenters. The molecule has 21 heavy (non-hydrogen) atoms. The molecule has 3 nitrogen and oxygen atoms in total. The van der Waals surface area contributed by atoms with Crippen LogP contribution in [0.15, 0.2) is 42.6 Å². The predicted molar refractivity (Wildman–Crippen MR) is 78.4 cm³/mol. The van der Waals surface area contributed by atoms with Gasteiger partial charge < -0.3 is 5.32 Å². The van der Waals surface area contributed by atoms with Crippen LogP contribution < -0.4 is 5.32 Å². The summed E-state index contributed by atoms with van der Waals surface area (Å²) in [6, 6.07) is 10.4. The van der Waals surface area contributed by atoms with Gasteiger partial charge in [-0.05, 0) is 48.7 Å². The van der Waals surface area contributed by atoms with Gasteiger partial charge in [0.15, 0.2) is 0 Å². The van der Waals surface area contributed by atoms with E-state index in [9.17, 15) is 9.18 Å². The fraction of sp³-hybridized carbons (Fsp3) is 0.294. The summed E-state index contributed by atoms with van der Waals surface area (Å²) < 4.78 is 13.2. The zero-order valence-electron chi connectivity index (χ0n) is 11.8. The Morgan fingerprint density at radius 1 is 1.29 bits per heavy atom. The summed E-state index contributed by atoms with van der Waals surface area (Å²) in [6.07, 6.45) is 3.09. The molecule has 1 fully saturated rings. The molecule has 0 aliphatic carbocycles. The maximum absolute atomic E-state index is 13.2. The summed E-state index contributed by atoms with van der Waals surface area (Å²) in [5.74, 6) is -0.234. The van der Waals surface area contributed by atoms with E-state index in [1.165, 1.54) is 12.1 Å². The van der Waals surface area contributed by atoms with Gasteiger partial charge >= 0.3 is 0 Å². The molecule has 0 saturated carbocycles. The monoisotopic (exact) mass is 284 g/mol. The lowest BCUT2D eigenvalue weighted by Gasteiger charge is -2.24. The Hall–Kier alpha value is -2.23. The summed E-state index contributed by atoms with van der Waals surface area (Å²) in [6.45, 7) is 2.01. The third-order valence-corrected chi connectivity index (χ3v) is 3.92. The number of halogens is 1. The highest BCUT2D eigenvalue weighted by atomic mass is 19.1. The molecule has 2 aromatic rings. The second kappa shape index (κ2) is 5.64. The average molecular weight is 284 g/mol. The first-order valence-electron chi connectivity index (χ1n) is 7.11. The fourth-order valence-corrected chi connectivity index (χ4v) is 2.90. The van der Waals surface area contributed by atoms with E-state index in [1.807, 2.05) is 19.1 Å². The number of nitrogens with zero attached hydrogens (tertiary/aromatic N) is 1. The molecule has 0 spiro atoms. The minimum atomic E-state index is -0.259. The van der Waals surface area contributed by atoms with Crippen LogP contribution in [0, 0.1) is 12.7 Å². The number of aromatic nitrogens is 1. The van der Waals surface area contributed by atoms with Crippen LogP contribution in [0.25, 0.3) is 0 Å². The molecule has 3 rings (SSSR count). The summed E-state index contributed by atoms with van der Waals surface area (Å²) in [4.78, 5) is 16.0. The number of pyridine rings is 1. The number of aryl methyl sites for hydroxylation is 1. The summed E-state index contributed by atoms with van der Waals surface area (Å²) in [5.41, 5.74) is 3.01. The van der Waals surface area contributed by atoms with Gasteiger partial charge in [0.2, 0.25) is 5.91 Å². The zero-order chi connectivity index (χ0) is 14.8. The number of amides is 1. The SMILES string of the molecule is Cc1ccnc([C@H](c2ccc(F)cc2)[C@H]2CCC(=O)N2)c1. The highest BCUT2D eigenvalue weighted by Gasteiger charge is 2.31. The summed E-state index contributed by atoms with van der Waals surface area (Å²) in [7, 11) is 0. The normalized spacial score (nSPS) is 19.3. The zero-order valence-corrected chi connectivity index (χ0v) is 11.8. The molecule has 0 radical (unpaired) electrons. The second-order valence-corrected chi connectivity index (χ2v) is 5.50. The van der Waals surface area contributed by atoms with E-state index in [1.54, 1.807) is 18.3 Å². The van der Waals surface area contributed by atoms with Gasteiger partial charge in [-0.15, -0.1) is 0 Å². The third kappa shape index (κ3) is 2.94. The average Bonchev–Trinajstić information content (AvgIpc) is 2.88. The van der Waals surface area contributed by atoms with Crippen LogP contribution in [0.1, 0.15) is 35.6 Å². The second-order valence-electron chi connectivity index (χ2n) is 5.50. The van der Waals surface area contributed by atoms with E-state index in [4.69, 9.17) is 0 Å². The molecule has 2 heterocycles. The number of carbonyl (C=O) groups is 1. The van der Waals surface area contributed by atoms with Crippen molar-refractivity contribution in [2.75, 3.05) is 0 Å². The van der Waals surface area contributed by atoms with Crippen LogP contribution in [-0.2, 0) is 4.79 Å². The van der Waals surface area contributed by atoms with Gasteiger partial charge in [-0.2, -0.15) is 0 Å². The van der Waals surface area contributed by atoms with Crippen molar-refractivity contribution in [3.63, 3.8) is 0 Å². The van der Waals surface area contributed by atoms with Crippen molar-refractivity contribution in [1.82, 2.24) is 10.3 Å². The van der Waals surface area contributed by atoms with Crippen molar-refractivity contribution in [3.8, 4) is 0 Å². The Bertz CT molecular complexity index is 654. The minimum Gasteiger partial charge on any atom is -0.352 e. The Morgan fingerprint density at radius 2 is 2.05 bits per heavy atom. The van der Waals surface area contributed by atoms with Crippen LogP contribution in [0.4, 0.5) is 4.39 Å². The fourth-order valence-electron chi connectivity index (χ4n) is 2.90. The van der Waals surface area contributed by atoms with Crippen LogP contribution in [0.5, 0.6) is 0 Å². The van der Waals surface area contributed by atoms with Crippen LogP contribution in [-0.4, -0.2) is 16.9 Å². The van der Waals surface area contributed by atoms with Gasteiger partial charge in [-0.25, -0.2) is 4.39 Å². The topological polar surface area (TPSA) is 42.0 Å². The van der Waals surface area contributed by atoms with Crippen molar-refractivity contribution < 1.29 is 9.18 Å². The quantitative estimate of drug-likeness (QED) is 0.941. The van der Waals surface area contributed by atoms with Crippen molar-refractivity contribution in [2.24, 2.45) is 0 Å². The van der Waals surface area contributed by atoms with Crippen molar-refractivity contribution in [3.05, 3.63) is 65.2 Å². The Kier molecular flexibility index (Phi) is 3.69. The van der Waals surface area contributed by atoms with Crippen molar-refractivity contribution >= 4 is 5.91 Å². The maximum atomic E-state index is 13.2. The predicted octanol–water partition coefficient (Wildman–Crippen LogP) is 2.94. The van der Waals surface area contributed by atoms with Crippen molar-refractivity contribution in [1.29, 1.82) is 0 Å². The molecule has 1 aliphatic rings. The minimum absolute atomic E-state index is 0.0114. The van der Waals surface area contributed by atoms with Crippen LogP contribution in [0.3, 0.4) is 0 Å². The van der Waals surface area contributed by atoms with Crippen LogP contribution >= 0.6 is 0 Å². The van der Waals surface area contributed by atoms with E-state index in [0.717, 1.165) is 23.2 Å². The first kappa shape index (κ1) is 13.7. The first-order chi connectivity index (χ1) is 10.1. The largest absolute Gasteiger partial charge is 0.352 e. The van der Waals surface area contributed by atoms with Gasteiger partial charge in [0.05, 0.1) is 5.69 Å². The third-order valence-electron chi connectivity index (χ3n) is 3.92. The lowest BCUT2D eigenvalue weighted by Crippen LogP contribution is -2.32. The lowest BCUT2D eigenvalue weighted by atomic mass is 9.87. The molecule has 0 unspecified atom stereocenters. The van der Waals surface area contributed by atoms with Crippen LogP contribution in [0.2, 0.25) is 0 Å². The van der Waals surface area contributed by atoms with E-state index in [-0.39, 0.29) is 23.7 Å². The molecular formula is C17H17FN2O. The van der Waals surface area contributed by atoms with E-state index < -0.39 is 0 Å². The molecule has 1 aliphatic heterocycles. The van der Waals surface area contributed by atoms with E-state index >= 15 is 0 Å². The van der Waals surface area contributed by atoms with E-state index in [0.29, 0.717) is 6.42 Å². The Labute approximate surface area is 123 Å². The smallest absolute Gasteiger partial charge is 0.220 e. The number of hydrogen-bond acceptors (Lipinski definition) is 2. The van der Waals surface area contributed by atoms with Gasteiger partial charge in [-0.3, -0.25) is 9.78 Å². The molecular weight excluding hydrogens is 267 g/mol. The Balaban J connectivity index is 2.02. The molecule has 0 bridgehead atoms. The number of benzene rings is 1. The standard InChI is InChI=1S/C17H17FN2O/c1-11-8-9-19-15(10-11)17(14-6-7-16(21)20-14)12-2-4-13(18)5-3-12/h2-5,8-10,14,17H,6-7H2,1H3,(H,20,21)/t14-,17-/m1/s1. The van der Waals surface area contributed by atoms with Gasteiger partial charge in [-0.1, -0.05) is 12.1 Å². The molecule has 1 aromatic carbocycles. The van der Waals surface area contributed by atoms with Gasteiger partial charge in [0, 0.05) is 24.6 Å². The summed E-state index contributed by atoms with van der Waals surface area (Å²) >= 11 is 0. The number of carbonyl (C=O) groups excluding carboxylic acids is 1. The number of rotatable bonds is 3. The highest BCUT2D eigenvalue weighted by molar-refractivity contribution is 5.78. The highest BCUT2D eigenvalue weighted by Crippen LogP contribution is 2.31. The van der Waals surface area contributed by atoms with Gasteiger partial charge in [0.25, 0.3) is 0 Å². The molecule has 1 N–H and O–H groups in total. The molecule has 108 valence electrons.